The molecule has 2 N–H and O–H groups in total. The number of nitrogens with one attached hydrogen (secondary N) is 1. The first-order valence-electron chi connectivity index (χ1n) is 14.1. The van der Waals surface area contributed by atoms with E-state index in [1.165, 1.54) is 5.57 Å². The van der Waals surface area contributed by atoms with Crippen LogP contribution in [0.1, 0.15) is 78.2 Å². The van der Waals surface area contributed by atoms with Gasteiger partial charge in [-0.2, -0.15) is 0 Å². The smallest absolute Gasteiger partial charge is 0.331 e. The molecule has 2 saturated carbocycles. The largest absolute Gasteiger partial charge is 0.493 e. The van der Waals surface area contributed by atoms with Crippen LogP contribution in [0.2, 0.25) is 0 Å². The Bertz CT molecular complexity index is 1200. The summed E-state index contributed by atoms with van der Waals surface area (Å²) in [4.78, 5) is 25.5. The molecule has 4 aliphatic carbocycles. The molecule has 1 amide bonds. The molecule has 2 fully saturated rings. The number of carbonyl (C=O) groups excluding carboxylic acids is 1. The van der Waals surface area contributed by atoms with Gasteiger partial charge < -0.3 is 19.9 Å². The molecular formula is C32H43NO5. The molecule has 5 rings (SSSR count). The van der Waals surface area contributed by atoms with E-state index in [4.69, 9.17) is 9.47 Å². The molecule has 1 aromatic rings. The number of rotatable bonds is 6. The number of fused-ring (bicyclic) bond motifs is 5. The fourth-order valence-electron chi connectivity index (χ4n) is 8.62. The zero-order valence-electron chi connectivity index (χ0n) is 23.7. The van der Waals surface area contributed by atoms with Gasteiger partial charge in [-0.25, -0.2) is 4.79 Å². The molecule has 0 aliphatic heterocycles. The summed E-state index contributed by atoms with van der Waals surface area (Å²) in [6, 6.07) is 5.83. The Labute approximate surface area is 226 Å². The van der Waals surface area contributed by atoms with Crippen LogP contribution in [0.3, 0.4) is 0 Å². The lowest BCUT2D eigenvalue weighted by Gasteiger charge is -2.57. The van der Waals surface area contributed by atoms with Crippen molar-refractivity contribution in [2.45, 2.75) is 78.2 Å². The number of hydrogen-bond acceptors (Lipinski definition) is 4. The van der Waals surface area contributed by atoms with Gasteiger partial charge in [-0.15, -0.1) is 0 Å². The normalized spacial score (nSPS) is 34.2. The molecule has 6 atom stereocenters. The zero-order valence-corrected chi connectivity index (χ0v) is 23.7. The first-order chi connectivity index (χ1) is 17.9. The third-order valence-corrected chi connectivity index (χ3v) is 10.9. The Kier molecular flexibility index (Phi) is 6.68. The van der Waals surface area contributed by atoms with E-state index in [9.17, 15) is 14.7 Å². The summed E-state index contributed by atoms with van der Waals surface area (Å²) in [5.41, 5.74) is 2.23. The van der Waals surface area contributed by atoms with Crippen LogP contribution >= 0.6 is 0 Å². The molecule has 0 bridgehead atoms. The number of benzene rings is 1. The maximum Gasteiger partial charge on any atom is 0.331 e. The quantitative estimate of drug-likeness (QED) is 0.462. The highest BCUT2D eigenvalue weighted by atomic mass is 16.5. The van der Waals surface area contributed by atoms with E-state index in [1.807, 2.05) is 38.1 Å². The van der Waals surface area contributed by atoms with Crippen LogP contribution in [0.15, 0.2) is 41.5 Å². The van der Waals surface area contributed by atoms with Gasteiger partial charge in [0.15, 0.2) is 11.5 Å². The van der Waals surface area contributed by atoms with Crippen molar-refractivity contribution in [3.63, 3.8) is 0 Å². The summed E-state index contributed by atoms with van der Waals surface area (Å²) in [6.07, 6.45) is 11.0. The highest BCUT2D eigenvalue weighted by molar-refractivity contribution is 5.87. The van der Waals surface area contributed by atoms with E-state index < -0.39 is 11.5 Å². The second-order valence-corrected chi connectivity index (χ2v) is 13.0. The summed E-state index contributed by atoms with van der Waals surface area (Å²) in [7, 11) is 3.25. The number of carboxylic acids is 1. The monoisotopic (exact) mass is 521 g/mol. The Balaban J connectivity index is 1.35. The first-order valence-corrected chi connectivity index (χ1v) is 14.1. The van der Waals surface area contributed by atoms with E-state index in [0.717, 1.165) is 44.1 Å². The average Bonchev–Trinajstić information content (AvgIpc) is 3.24. The van der Waals surface area contributed by atoms with Crippen molar-refractivity contribution in [3.8, 4) is 11.5 Å². The highest BCUT2D eigenvalue weighted by Gasteiger charge is 2.59. The topological polar surface area (TPSA) is 84.9 Å². The minimum Gasteiger partial charge on any atom is -0.493 e. The predicted octanol–water partition coefficient (Wildman–Crippen LogP) is 6.26. The maximum absolute atomic E-state index is 13.9. The molecule has 206 valence electrons. The van der Waals surface area contributed by atoms with Crippen molar-refractivity contribution in [1.82, 2.24) is 5.32 Å². The Hall–Kier alpha value is -2.76. The van der Waals surface area contributed by atoms with E-state index in [2.05, 4.69) is 25.2 Å². The minimum atomic E-state index is -0.785. The van der Waals surface area contributed by atoms with Crippen molar-refractivity contribution in [2.75, 3.05) is 14.2 Å². The van der Waals surface area contributed by atoms with Crippen LogP contribution in [0.4, 0.5) is 0 Å². The summed E-state index contributed by atoms with van der Waals surface area (Å²) in [5.74, 6) is 2.31. The van der Waals surface area contributed by atoms with Gasteiger partial charge in [-0.1, -0.05) is 26.0 Å². The minimum absolute atomic E-state index is 0.00378. The molecule has 0 spiro atoms. The molecule has 0 saturated heterocycles. The van der Waals surface area contributed by atoms with Crippen LogP contribution in [0.5, 0.6) is 11.5 Å². The van der Waals surface area contributed by atoms with Crippen molar-refractivity contribution in [2.24, 2.45) is 34.5 Å². The highest BCUT2D eigenvalue weighted by Crippen LogP contribution is 2.66. The van der Waals surface area contributed by atoms with Crippen LogP contribution in [0.25, 0.3) is 0 Å². The Morgan fingerprint density at radius 1 is 1.03 bits per heavy atom. The molecule has 38 heavy (non-hydrogen) atoms. The van der Waals surface area contributed by atoms with Crippen molar-refractivity contribution in [1.29, 1.82) is 0 Å². The summed E-state index contributed by atoms with van der Waals surface area (Å²) in [5, 5.41) is 12.9. The molecular weight excluding hydrogens is 478 g/mol. The van der Waals surface area contributed by atoms with Gasteiger partial charge in [0.05, 0.1) is 19.8 Å². The zero-order chi connectivity index (χ0) is 27.5. The van der Waals surface area contributed by atoms with Crippen LogP contribution < -0.4 is 14.8 Å². The maximum atomic E-state index is 13.9. The second kappa shape index (κ2) is 9.46. The van der Waals surface area contributed by atoms with Gasteiger partial charge in [-0.05, 0) is 117 Å². The lowest BCUT2D eigenvalue weighted by molar-refractivity contribution is -0.133. The number of allylic oxidation sites excluding steroid dienone is 3. The SMILES string of the molecule is COc1ccc(C(C)(C)NC(=O)[C@H]2CC[C@H]3[C@@H]4CC=C5C=C(C(=O)O)CC[C@]5(C)[C@H]4CC[C@]23C)cc1OC. The number of amides is 1. The van der Waals surface area contributed by atoms with Crippen LogP contribution in [-0.4, -0.2) is 31.2 Å². The molecule has 1 aromatic carbocycles. The van der Waals surface area contributed by atoms with Crippen molar-refractivity contribution >= 4 is 11.9 Å². The molecule has 0 heterocycles. The van der Waals surface area contributed by atoms with Gasteiger partial charge in [-0.3, -0.25) is 4.79 Å². The van der Waals surface area contributed by atoms with E-state index in [0.29, 0.717) is 41.2 Å². The number of carboxylic acid groups (broad SMARTS) is 1. The van der Waals surface area contributed by atoms with Crippen molar-refractivity contribution in [3.05, 3.63) is 47.1 Å². The molecule has 4 aliphatic rings. The predicted molar refractivity (Wildman–Crippen MR) is 147 cm³/mol. The molecule has 0 radical (unpaired) electrons. The lowest BCUT2D eigenvalue weighted by atomic mass is 9.48. The Morgan fingerprint density at radius 2 is 1.76 bits per heavy atom. The van der Waals surface area contributed by atoms with Gasteiger partial charge in [0.2, 0.25) is 5.91 Å². The fourth-order valence-corrected chi connectivity index (χ4v) is 8.62. The molecule has 6 heteroatoms. The number of hydrogen-bond donors (Lipinski definition) is 2. The number of carbonyl (C=O) groups is 2. The first kappa shape index (κ1) is 26.8. The standard InChI is InChI=1S/C32H43NO5/c1-30(2,20-8-12-26(37-5)27(18-20)38-6)33-28(34)25-11-10-23-22-9-7-21-17-19(29(35)36)13-15-31(21,3)24(22)14-16-32(23,25)4/h7-8,12,17-18,22-25H,9-11,13-16H2,1-6H3,(H,33,34)(H,35,36)/t22-,23-,24-,25+,31-,32-/m0/s1. The molecule has 0 unspecified atom stereocenters. The Morgan fingerprint density at radius 3 is 2.45 bits per heavy atom. The number of methoxy groups -OCH3 is 2. The van der Waals surface area contributed by atoms with Crippen LogP contribution in [-0.2, 0) is 15.1 Å². The third-order valence-electron chi connectivity index (χ3n) is 10.9. The second-order valence-electron chi connectivity index (χ2n) is 13.0. The summed E-state index contributed by atoms with van der Waals surface area (Å²) >= 11 is 0. The lowest BCUT2D eigenvalue weighted by Crippen LogP contribution is -2.52. The van der Waals surface area contributed by atoms with E-state index in [1.54, 1.807) is 14.2 Å². The van der Waals surface area contributed by atoms with Gasteiger partial charge in [0.25, 0.3) is 0 Å². The van der Waals surface area contributed by atoms with Gasteiger partial charge >= 0.3 is 5.97 Å². The van der Waals surface area contributed by atoms with E-state index in [-0.39, 0.29) is 22.7 Å². The van der Waals surface area contributed by atoms with Gasteiger partial charge in [0, 0.05) is 11.5 Å². The van der Waals surface area contributed by atoms with Crippen LogP contribution in [0, 0.1) is 34.5 Å². The summed E-state index contributed by atoms with van der Waals surface area (Å²) in [6.45, 7) is 8.82. The molecule has 0 aromatic heterocycles. The van der Waals surface area contributed by atoms with E-state index >= 15 is 0 Å². The average molecular weight is 522 g/mol. The van der Waals surface area contributed by atoms with Gasteiger partial charge in [0.1, 0.15) is 0 Å². The fraction of sp³-hybridized carbons (Fsp3) is 0.625. The van der Waals surface area contributed by atoms with Crippen molar-refractivity contribution < 1.29 is 24.2 Å². The summed E-state index contributed by atoms with van der Waals surface area (Å²) < 4.78 is 10.9. The molecule has 6 nitrogen and oxygen atoms in total. The third kappa shape index (κ3) is 4.15. The number of ether oxygens (including phenoxy) is 2. The number of aliphatic carboxylic acids is 1.